The van der Waals surface area contributed by atoms with Crippen molar-refractivity contribution >= 4 is 11.9 Å². The average Bonchev–Trinajstić information content (AvgIpc) is 2.78. The number of benzene rings is 1. The molecule has 2 atom stereocenters. The molecule has 0 aliphatic carbocycles. The second-order valence-electron chi connectivity index (χ2n) is 5.36. The fourth-order valence-corrected chi connectivity index (χ4v) is 2.96. The Morgan fingerprint density at radius 1 is 1.48 bits per heavy atom. The van der Waals surface area contributed by atoms with E-state index in [2.05, 4.69) is 0 Å². The summed E-state index contributed by atoms with van der Waals surface area (Å²) in [4.78, 5) is 25.3. The van der Waals surface area contributed by atoms with Gasteiger partial charge in [0.2, 0.25) is 5.91 Å². The topological polar surface area (TPSA) is 66.8 Å². The van der Waals surface area contributed by atoms with Crippen LogP contribution in [-0.2, 0) is 20.9 Å². The largest absolute Gasteiger partial charge is 0.481 e. The molecule has 1 fully saturated rings. The number of likely N-dealkylation sites (tertiary alicyclic amines) is 1. The minimum absolute atomic E-state index is 0.0774. The lowest BCUT2D eigenvalue weighted by molar-refractivity contribution is -0.142. The van der Waals surface area contributed by atoms with Gasteiger partial charge in [-0.25, -0.2) is 0 Å². The van der Waals surface area contributed by atoms with Gasteiger partial charge in [-0.1, -0.05) is 31.2 Å². The van der Waals surface area contributed by atoms with Gasteiger partial charge >= 0.3 is 5.97 Å². The van der Waals surface area contributed by atoms with Gasteiger partial charge < -0.3 is 14.7 Å². The van der Waals surface area contributed by atoms with Gasteiger partial charge in [0.1, 0.15) is 0 Å². The number of methoxy groups -OCH3 is 1. The van der Waals surface area contributed by atoms with Crippen LogP contribution in [0, 0.1) is 5.92 Å². The van der Waals surface area contributed by atoms with E-state index >= 15 is 0 Å². The van der Waals surface area contributed by atoms with Gasteiger partial charge in [-0.15, -0.1) is 0 Å². The maximum absolute atomic E-state index is 12.1. The van der Waals surface area contributed by atoms with Crippen LogP contribution < -0.4 is 0 Å². The molecule has 114 valence electrons. The molecule has 1 N–H and O–H groups in total. The number of carbonyl (C=O) groups excluding carboxylic acids is 1. The van der Waals surface area contributed by atoms with Gasteiger partial charge in [0.05, 0.1) is 18.6 Å². The van der Waals surface area contributed by atoms with Crippen LogP contribution in [-0.4, -0.2) is 35.5 Å². The van der Waals surface area contributed by atoms with Crippen LogP contribution in [0.15, 0.2) is 24.3 Å². The minimum Gasteiger partial charge on any atom is -0.481 e. The Morgan fingerprint density at radius 3 is 2.86 bits per heavy atom. The van der Waals surface area contributed by atoms with E-state index in [9.17, 15) is 14.7 Å². The minimum atomic E-state index is -0.913. The highest BCUT2D eigenvalue weighted by atomic mass is 16.5. The molecule has 1 heterocycles. The van der Waals surface area contributed by atoms with E-state index in [1.54, 1.807) is 12.0 Å². The number of carboxylic acids is 1. The van der Waals surface area contributed by atoms with Crippen LogP contribution in [0.25, 0.3) is 0 Å². The number of amides is 1. The molecule has 1 saturated heterocycles. The average molecular weight is 291 g/mol. The van der Waals surface area contributed by atoms with Crippen LogP contribution in [0.1, 0.15) is 36.9 Å². The molecule has 5 nitrogen and oxygen atoms in total. The predicted molar refractivity (Wildman–Crippen MR) is 77.6 cm³/mol. The number of aliphatic carboxylic acids is 1. The second-order valence-corrected chi connectivity index (χ2v) is 5.36. The van der Waals surface area contributed by atoms with Crippen molar-refractivity contribution in [2.45, 2.75) is 32.4 Å². The van der Waals surface area contributed by atoms with Crippen molar-refractivity contribution in [3.8, 4) is 0 Å². The fraction of sp³-hybridized carbons (Fsp3) is 0.500. The molecule has 0 saturated carbocycles. The first-order valence-electron chi connectivity index (χ1n) is 7.18. The molecule has 1 amide bonds. The van der Waals surface area contributed by atoms with E-state index in [4.69, 9.17) is 4.74 Å². The predicted octanol–water partition coefficient (Wildman–Crippen LogP) is 2.22. The Hall–Kier alpha value is -1.88. The van der Waals surface area contributed by atoms with Crippen molar-refractivity contribution in [2.75, 3.05) is 13.7 Å². The zero-order chi connectivity index (χ0) is 15.4. The van der Waals surface area contributed by atoms with Crippen LogP contribution in [0.3, 0.4) is 0 Å². The molecule has 2 rings (SSSR count). The van der Waals surface area contributed by atoms with Crippen LogP contribution in [0.5, 0.6) is 0 Å². The van der Waals surface area contributed by atoms with Crippen LogP contribution in [0.2, 0.25) is 0 Å². The second kappa shape index (κ2) is 6.72. The molecule has 2 unspecified atom stereocenters. The van der Waals surface area contributed by atoms with Crippen molar-refractivity contribution in [3.63, 3.8) is 0 Å². The summed E-state index contributed by atoms with van der Waals surface area (Å²) >= 11 is 0. The van der Waals surface area contributed by atoms with Crippen molar-refractivity contribution in [1.29, 1.82) is 0 Å². The molecule has 1 aliphatic rings. The quantitative estimate of drug-likeness (QED) is 0.872. The van der Waals surface area contributed by atoms with Gasteiger partial charge in [-0.2, -0.15) is 0 Å². The maximum atomic E-state index is 12.1. The Balaban J connectivity index is 2.37. The lowest BCUT2D eigenvalue weighted by Gasteiger charge is -2.27. The van der Waals surface area contributed by atoms with E-state index in [1.807, 2.05) is 31.2 Å². The molecule has 1 aliphatic heterocycles. The third-order valence-corrected chi connectivity index (χ3v) is 3.82. The van der Waals surface area contributed by atoms with Crippen molar-refractivity contribution in [2.24, 2.45) is 5.92 Å². The number of nitrogens with zero attached hydrogens (tertiary/aromatic N) is 1. The highest BCUT2D eigenvalue weighted by Crippen LogP contribution is 2.38. The van der Waals surface area contributed by atoms with Gasteiger partial charge in [0.15, 0.2) is 0 Å². The summed E-state index contributed by atoms with van der Waals surface area (Å²) in [5.41, 5.74) is 1.85. The lowest BCUT2D eigenvalue weighted by atomic mass is 9.92. The zero-order valence-corrected chi connectivity index (χ0v) is 12.4. The summed E-state index contributed by atoms with van der Waals surface area (Å²) in [6.45, 7) is 3.04. The van der Waals surface area contributed by atoms with Gasteiger partial charge in [0, 0.05) is 20.1 Å². The number of rotatable bonds is 6. The van der Waals surface area contributed by atoms with E-state index in [0.29, 0.717) is 13.2 Å². The molecular formula is C16H21NO4. The Bertz CT molecular complexity index is 529. The number of ether oxygens (including phenoxy) is 1. The molecular weight excluding hydrogens is 270 g/mol. The van der Waals surface area contributed by atoms with E-state index < -0.39 is 11.9 Å². The number of hydrogen-bond donors (Lipinski definition) is 1. The third kappa shape index (κ3) is 3.24. The van der Waals surface area contributed by atoms with Gasteiger partial charge in [-0.05, 0) is 17.5 Å². The summed E-state index contributed by atoms with van der Waals surface area (Å²) in [6, 6.07) is 7.26. The summed E-state index contributed by atoms with van der Waals surface area (Å²) in [5.74, 6) is -1.67. The van der Waals surface area contributed by atoms with Gasteiger partial charge in [-0.3, -0.25) is 9.59 Å². The molecule has 0 aromatic heterocycles. The zero-order valence-electron chi connectivity index (χ0n) is 12.4. The highest BCUT2D eigenvalue weighted by molar-refractivity contribution is 5.87. The first kappa shape index (κ1) is 15.5. The first-order chi connectivity index (χ1) is 10.1. The van der Waals surface area contributed by atoms with Crippen molar-refractivity contribution < 1.29 is 19.4 Å². The number of carbonyl (C=O) groups is 2. The molecule has 0 bridgehead atoms. The summed E-state index contributed by atoms with van der Waals surface area (Å²) in [5, 5.41) is 9.42. The lowest BCUT2D eigenvalue weighted by Crippen LogP contribution is -2.31. The summed E-state index contributed by atoms with van der Waals surface area (Å²) in [7, 11) is 1.62. The SMILES string of the molecule is CCCN1C(=O)CC(C(=O)O)C1c1cccc(COC)c1. The molecule has 0 radical (unpaired) electrons. The van der Waals surface area contributed by atoms with Gasteiger partial charge in [0.25, 0.3) is 0 Å². The number of carboxylic acid groups (broad SMARTS) is 1. The molecule has 0 spiro atoms. The smallest absolute Gasteiger partial charge is 0.309 e. The molecule has 5 heteroatoms. The van der Waals surface area contributed by atoms with Crippen molar-refractivity contribution in [1.82, 2.24) is 4.90 Å². The van der Waals surface area contributed by atoms with E-state index in [0.717, 1.165) is 17.5 Å². The monoisotopic (exact) mass is 291 g/mol. The standard InChI is InChI=1S/C16H21NO4/c1-3-7-17-14(18)9-13(16(19)20)15(17)12-6-4-5-11(8-12)10-21-2/h4-6,8,13,15H,3,7,9-10H2,1-2H3,(H,19,20). The van der Waals surface area contributed by atoms with Crippen LogP contribution >= 0.6 is 0 Å². The molecule has 1 aromatic carbocycles. The first-order valence-corrected chi connectivity index (χ1v) is 7.18. The Kier molecular flexibility index (Phi) is 4.96. The summed E-state index contributed by atoms with van der Waals surface area (Å²) in [6.07, 6.45) is 0.890. The Labute approximate surface area is 124 Å². The highest BCUT2D eigenvalue weighted by Gasteiger charge is 2.44. The molecule has 21 heavy (non-hydrogen) atoms. The fourth-order valence-electron chi connectivity index (χ4n) is 2.96. The molecule has 1 aromatic rings. The summed E-state index contributed by atoms with van der Waals surface area (Å²) < 4.78 is 5.12. The number of hydrogen-bond acceptors (Lipinski definition) is 3. The van der Waals surface area contributed by atoms with E-state index in [1.165, 1.54) is 0 Å². The Morgan fingerprint density at radius 2 is 2.24 bits per heavy atom. The third-order valence-electron chi connectivity index (χ3n) is 3.82. The maximum Gasteiger partial charge on any atom is 0.309 e. The van der Waals surface area contributed by atoms with E-state index in [-0.39, 0.29) is 18.4 Å². The van der Waals surface area contributed by atoms with Crippen LogP contribution in [0.4, 0.5) is 0 Å². The van der Waals surface area contributed by atoms with Crippen molar-refractivity contribution in [3.05, 3.63) is 35.4 Å². The normalized spacial score (nSPS) is 21.8.